The van der Waals surface area contributed by atoms with Gasteiger partial charge in [0.15, 0.2) is 0 Å². The average Bonchev–Trinajstić information content (AvgIpc) is 3.18. The topological polar surface area (TPSA) is 30.9 Å². The number of hydrogen-bond acceptors (Lipinski definition) is 1. The average molecular weight is 411 g/mol. The van der Waals surface area contributed by atoms with Gasteiger partial charge in [-0.2, -0.15) is 0 Å². The molecule has 32 heavy (non-hydrogen) atoms. The van der Waals surface area contributed by atoms with Gasteiger partial charge in [-0.3, -0.25) is 0 Å². The van der Waals surface area contributed by atoms with E-state index in [0.717, 1.165) is 22.5 Å². The fourth-order valence-electron chi connectivity index (χ4n) is 4.71. The summed E-state index contributed by atoms with van der Waals surface area (Å²) in [5.41, 5.74) is 15.3. The largest absolute Gasteiger partial charge is 0.398 e. The molecule has 2 heteroatoms. The standard InChI is InChI=1S/C30H22N2/c31-28-16-8-6-14-25(28)24-13-5-4-12-23(24)21-18-19-27-26-15-7-9-17-29(26)32(30(27)20-21)22-10-2-1-3-11-22/h1-20H,31H2. The summed E-state index contributed by atoms with van der Waals surface area (Å²) in [4.78, 5) is 0. The van der Waals surface area contributed by atoms with Gasteiger partial charge >= 0.3 is 0 Å². The van der Waals surface area contributed by atoms with Gasteiger partial charge in [0.25, 0.3) is 0 Å². The summed E-state index contributed by atoms with van der Waals surface area (Å²) in [6.45, 7) is 0. The SMILES string of the molecule is Nc1ccccc1-c1ccccc1-c1ccc2c3ccccc3n(-c3ccccc3)c2c1. The third-order valence-electron chi connectivity index (χ3n) is 6.18. The van der Waals surface area contributed by atoms with E-state index in [1.807, 2.05) is 18.2 Å². The van der Waals surface area contributed by atoms with Crippen molar-refractivity contribution in [3.63, 3.8) is 0 Å². The lowest BCUT2D eigenvalue weighted by Gasteiger charge is -2.13. The number of para-hydroxylation sites is 3. The Hall–Kier alpha value is -4.30. The molecule has 2 nitrogen and oxygen atoms in total. The lowest BCUT2D eigenvalue weighted by atomic mass is 9.93. The van der Waals surface area contributed by atoms with E-state index in [-0.39, 0.29) is 0 Å². The monoisotopic (exact) mass is 410 g/mol. The number of anilines is 1. The first kappa shape index (κ1) is 18.5. The number of rotatable bonds is 3. The minimum absolute atomic E-state index is 0.791. The number of nitrogens with two attached hydrogens (primary N) is 1. The summed E-state index contributed by atoms with van der Waals surface area (Å²) < 4.78 is 2.35. The molecular formula is C30H22N2. The number of fused-ring (bicyclic) bond motifs is 3. The van der Waals surface area contributed by atoms with Gasteiger partial charge in [-0.25, -0.2) is 0 Å². The lowest BCUT2D eigenvalue weighted by Crippen LogP contribution is -1.94. The maximum Gasteiger partial charge on any atom is 0.0547 e. The second kappa shape index (κ2) is 7.44. The zero-order chi connectivity index (χ0) is 21.5. The number of aromatic nitrogens is 1. The third-order valence-corrected chi connectivity index (χ3v) is 6.18. The van der Waals surface area contributed by atoms with Crippen molar-refractivity contribution >= 4 is 27.5 Å². The summed E-state index contributed by atoms with van der Waals surface area (Å²) in [7, 11) is 0. The summed E-state index contributed by atoms with van der Waals surface area (Å²) in [5, 5.41) is 2.52. The smallest absolute Gasteiger partial charge is 0.0547 e. The van der Waals surface area contributed by atoms with Crippen LogP contribution in [0.3, 0.4) is 0 Å². The molecule has 0 atom stereocenters. The lowest BCUT2D eigenvalue weighted by molar-refractivity contribution is 1.18. The van der Waals surface area contributed by atoms with E-state index in [1.165, 1.54) is 32.9 Å². The number of benzene rings is 5. The van der Waals surface area contributed by atoms with E-state index in [1.54, 1.807) is 0 Å². The van der Waals surface area contributed by atoms with Crippen molar-refractivity contribution in [1.82, 2.24) is 4.57 Å². The molecule has 6 rings (SSSR count). The van der Waals surface area contributed by atoms with Gasteiger partial charge in [-0.15, -0.1) is 0 Å². The van der Waals surface area contributed by atoms with Crippen molar-refractivity contribution in [1.29, 1.82) is 0 Å². The van der Waals surface area contributed by atoms with Crippen LogP contribution in [0, 0.1) is 0 Å². The van der Waals surface area contributed by atoms with E-state index >= 15 is 0 Å². The second-order valence-electron chi connectivity index (χ2n) is 8.05. The van der Waals surface area contributed by atoms with Gasteiger partial charge in [-0.05, 0) is 47.0 Å². The molecule has 1 aromatic heterocycles. The van der Waals surface area contributed by atoms with Crippen LogP contribution in [0.1, 0.15) is 0 Å². The van der Waals surface area contributed by atoms with Crippen LogP contribution in [0.4, 0.5) is 5.69 Å². The predicted octanol–water partition coefficient (Wildman–Crippen LogP) is 7.70. The van der Waals surface area contributed by atoms with Crippen molar-refractivity contribution in [3.8, 4) is 27.9 Å². The van der Waals surface area contributed by atoms with Crippen molar-refractivity contribution in [2.75, 3.05) is 5.73 Å². The van der Waals surface area contributed by atoms with Crippen LogP contribution < -0.4 is 5.73 Å². The molecule has 0 bridgehead atoms. The molecule has 0 radical (unpaired) electrons. The van der Waals surface area contributed by atoms with Gasteiger partial charge in [0.2, 0.25) is 0 Å². The van der Waals surface area contributed by atoms with E-state index < -0.39 is 0 Å². The van der Waals surface area contributed by atoms with Crippen molar-refractivity contribution in [2.45, 2.75) is 0 Å². The molecule has 0 aliphatic heterocycles. The van der Waals surface area contributed by atoms with E-state index in [0.29, 0.717) is 0 Å². The second-order valence-corrected chi connectivity index (χ2v) is 8.05. The number of nitrogens with zero attached hydrogens (tertiary/aromatic N) is 1. The molecule has 0 aliphatic carbocycles. The van der Waals surface area contributed by atoms with E-state index in [2.05, 4.69) is 108 Å². The van der Waals surface area contributed by atoms with Crippen LogP contribution in [0.2, 0.25) is 0 Å². The Morgan fingerprint density at radius 2 is 1.09 bits per heavy atom. The van der Waals surface area contributed by atoms with Crippen LogP contribution in [0.15, 0.2) is 121 Å². The highest BCUT2D eigenvalue weighted by molar-refractivity contribution is 6.10. The summed E-state index contributed by atoms with van der Waals surface area (Å²) in [5.74, 6) is 0. The number of nitrogen functional groups attached to an aromatic ring is 1. The van der Waals surface area contributed by atoms with Gasteiger partial charge in [0, 0.05) is 27.7 Å². The molecule has 6 aromatic rings. The van der Waals surface area contributed by atoms with Crippen LogP contribution >= 0.6 is 0 Å². The zero-order valence-electron chi connectivity index (χ0n) is 17.6. The van der Waals surface area contributed by atoms with Crippen molar-refractivity contribution in [3.05, 3.63) is 121 Å². The first-order chi connectivity index (χ1) is 15.8. The number of hydrogen-bond donors (Lipinski definition) is 1. The van der Waals surface area contributed by atoms with Crippen LogP contribution in [0.25, 0.3) is 49.7 Å². The summed E-state index contributed by atoms with van der Waals surface area (Å²) in [6, 6.07) is 42.5. The van der Waals surface area contributed by atoms with E-state index in [4.69, 9.17) is 5.73 Å². The Morgan fingerprint density at radius 3 is 1.91 bits per heavy atom. The van der Waals surface area contributed by atoms with Crippen LogP contribution in [-0.4, -0.2) is 4.57 Å². The Balaban J connectivity index is 1.65. The molecular weight excluding hydrogens is 388 g/mol. The summed E-state index contributed by atoms with van der Waals surface area (Å²) in [6.07, 6.45) is 0. The first-order valence-corrected chi connectivity index (χ1v) is 10.8. The van der Waals surface area contributed by atoms with Gasteiger partial charge in [-0.1, -0.05) is 91.0 Å². The quantitative estimate of drug-likeness (QED) is 0.298. The normalized spacial score (nSPS) is 11.2. The fourth-order valence-corrected chi connectivity index (χ4v) is 4.71. The van der Waals surface area contributed by atoms with E-state index in [9.17, 15) is 0 Å². The predicted molar refractivity (Wildman–Crippen MR) is 136 cm³/mol. The molecule has 0 saturated carbocycles. The molecule has 0 fully saturated rings. The zero-order valence-corrected chi connectivity index (χ0v) is 17.6. The highest BCUT2D eigenvalue weighted by Crippen LogP contribution is 2.38. The Morgan fingerprint density at radius 1 is 0.469 bits per heavy atom. The molecule has 5 aromatic carbocycles. The minimum atomic E-state index is 0.791. The van der Waals surface area contributed by atoms with Crippen LogP contribution in [0.5, 0.6) is 0 Å². The molecule has 0 spiro atoms. The third kappa shape index (κ3) is 2.89. The molecule has 152 valence electrons. The maximum absolute atomic E-state index is 6.34. The summed E-state index contributed by atoms with van der Waals surface area (Å²) >= 11 is 0. The van der Waals surface area contributed by atoms with Crippen molar-refractivity contribution in [2.24, 2.45) is 0 Å². The molecule has 2 N–H and O–H groups in total. The Kier molecular flexibility index (Phi) is 4.29. The molecule has 0 aliphatic rings. The van der Waals surface area contributed by atoms with Crippen molar-refractivity contribution < 1.29 is 0 Å². The fraction of sp³-hybridized carbons (Fsp3) is 0. The van der Waals surface area contributed by atoms with Gasteiger partial charge < -0.3 is 10.3 Å². The highest BCUT2D eigenvalue weighted by atomic mass is 15.0. The minimum Gasteiger partial charge on any atom is -0.398 e. The molecule has 1 heterocycles. The Labute approximate surface area is 187 Å². The molecule has 0 unspecified atom stereocenters. The molecule has 0 amide bonds. The van der Waals surface area contributed by atoms with Crippen LogP contribution in [-0.2, 0) is 0 Å². The molecule has 0 saturated heterocycles. The maximum atomic E-state index is 6.34. The van der Waals surface area contributed by atoms with Gasteiger partial charge in [0.1, 0.15) is 0 Å². The Bertz CT molecular complexity index is 1580. The van der Waals surface area contributed by atoms with Gasteiger partial charge in [0.05, 0.1) is 11.0 Å². The highest BCUT2D eigenvalue weighted by Gasteiger charge is 2.15. The first-order valence-electron chi connectivity index (χ1n) is 10.8.